The quantitative estimate of drug-likeness (QED) is 0.498. The van der Waals surface area contributed by atoms with Crippen LogP contribution in [0.2, 0.25) is 0 Å². The van der Waals surface area contributed by atoms with Crippen LogP contribution in [0.1, 0.15) is 17.3 Å². The lowest BCUT2D eigenvalue weighted by Gasteiger charge is -2.20. The first-order valence-corrected chi connectivity index (χ1v) is 5.16. The third kappa shape index (κ3) is 2.89. The number of aliphatic hydroxyl groups is 1. The minimum absolute atomic E-state index is 0.122. The molecule has 1 rings (SSSR count). The number of hydrazine groups is 1. The number of hydrogen-bond acceptors (Lipinski definition) is 5. The first-order chi connectivity index (χ1) is 8.15. The van der Waals surface area contributed by atoms with Crippen LogP contribution in [0.4, 0.5) is 10.2 Å². The number of pyridine rings is 1. The van der Waals surface area contributed by atoms with Crippen molar-refractivity contribution in [2.24, 2.45) is 5.84 Å². The second kappa shape index (κ2) is 6.12. The van der Waals surface area contributed by atoms with E-state index in [1.807, 2.05) is 0 Å². The lowest BCUT2D eigenvalue weighted by atomic mass is 10.2. The molecule has 1 aromatic rings. The lowest BCUT2D eigenvalue weighted by molar-refractivity contribution is 0.0727. The van der Waals surface area contributed by atoms with Crippen molar-refractivity contribution in [1.29, 1.82) is 0 Å². The molecule has 94 valence electrons. The number of carbonyl (C=O) groups excluding carboxylic acids is 1. The number of nitrogens with two attached hydrogens (primary N) is 1. The number of amides is 1. The van der Waals surface area contributed by atoms with Crippen molar-refractivity contribution in [1.82, 2.24) is 9.88 Å². The number of nitrogen functional groups attached to an aromatic ring is 1. The second-order valence-corrected chi connectivity index (χ2v) is 3.27. The Balaban J connectivity index is 3.02. The second-order valence-electron chi connectivity index (χ2n) is 3.27. The zero-order chi connectivity index (χ0) is 12.8. The highest BCUT2D eigenvalue weighted by Crippen LogP contribution is 2.15. The maximum absolute atomic E-state index is 13.7. The molecular formula is C10H15FN4O2. The number of likely N-dealkylation sites (N-methyl/N-ethyl adjacent to an activating group) is 1. The maximum atomic E-state index is 13.7. The summed E-state index contributed by atoms with van der Waals surface area (Å²) in [5.41, 5.74) is 1.95. The highest BCUT2D eigenvalue weighted by atomic mass is 19.1. The van der Waals surface area contributed by atoms with E-state index in [2.05, 4.69) is 10.4 Å². The van der Waals surface area contributed by atoms with Gasteiger partial charge in [-0.2, -0.15) is 0 Å². The third-order valence-electron chi connectivity index (χ3n) is 2.30. The summed E-state index contributed by atoms with van der Waals surface area (Å²) in [4.78, 5) is 16.9. The maximum Gasteiger partial charge on any atom is 0.257 e. The van der Waals surface area contributed by atoms with E-state index >= 15 is 0 Å². The molecule has 4 N–H and O–H groups in total. The number of anilines is 1. The van der Waals surface area contributed by atoms with E-state index in [1.165, 1.54) is 17.2 Å². The normalized spacial score (nSPS) is 10.1. The van der Waals surface area contributed by atoms with Gasteiger partial charge in [-0.3, -0.25) is 4.79 Å². The van der Waals surface area contributed by atoms with E-state index in [4.69, 9.17) is 10.9 Å². The zero-order valence-electron chi connectivity index (χ0n) is 9.48. The molecule has 0 radical (unpaired) electrons. The van der Waals surface area contributed by atoms with E-state index in [9.17, 15) is 9.18 Å². The molecule has 1 heterocycles. The third-order valence-corrected chi connectivity index (χ3v) is 2.30. The molecule has 1 amide bonds. The van der Waals surface area contributed by atoms with Gasteiger partial charge in [0, 0.05) is 19.3 Å². The van der Waals surface area contributed by atoms with Gasteiger partial charge in [0.2, 0.25) is 0 Å². The van der Waals surface area contributed by atoms with Crippen LogP contribution >= 0.6 is 0 Å². The molecule has 0 bridgehead atoms. The molecule has 6 nitrogen and oxygen atoms in total. The van der Waals surface area contributed by atoms with E-state index < -0.39 is 11.7 Å². The van der Waals surface area contributed by atoms with Crippen LogP contribution in [0.5, 0.6) is 0 Å². The van der Waals surface area contributed by atoms with Gasteiger partial charge < -0.3 is 15.4 Å². The van der Waals surface area contributed by atoms with Crippen LogP contribution in [0.25, 0.3) is 0 Å². The van der Waals surface area contributed by atoms with Crippen LogP contribution in [-0.2, 0) is 0 Å². The molecule has 0 saturated carbocycles. The monoisotopic (exact) mass is 242 g/mol. The highest BCUT2D eigenvalue weighted by Gasteiger charge is 2.20. The minimum atomic E-state index is -0.795. The molecule has 17 heavy (non-hydrogen) atoms. The fourth-order valence-electron chi connectivity index (χ4n) is 1.40. The number of aliphatic hydroxyl groups excluding tert-OH is 1. The van der Waals surface area contributed by atoms with E-state index in [1.54, 1.807) is 6.92 Å². The zero-order valence-corrected chi connectivity index (χ0v) is 9.48. The summed E-state index contributed by atoms with van der Waals surface area (Å²) in [5.74, 6) is 3.59. The number of carbonyl (C=O) groups is 1. The smallest absolute Gasteiger partial charge is 0.257 e. The lowest BCUT2D eigenvalue weighted by Crippen LogP contribution is -2.34. The first-order valence-electron chi connectivity index (χ1n) is 5.16. The number of rotatable bonds is 5. The van der Waals surface area contributed by atoms with Gasteiger partial charge in [0.1, 0.15) is 0 Å². The Hall–Kier alpha value is -1.73. The average molecular weight is 242 g/mol. The molecular weight excluding hydrogens is 227 g/mol. The fraction of sp³-hybridized carbons (Fsp3) is 0.400. The molecule has 0 aliphatic carbocycles. The molecule has 0 saturated heterocycles. The number of nitrogens with one attached hydrogen (secondary N) is 1. The van der Waals surface area contributed by atoms with Gasteiger partial charge in [0.25, 0.3) is 5.91 Å². The predicted molar refractivity (Wildman–Crippen MR) is 60.7 cm³/mol. The molecule has 0 aliphatic rings. The topological polar surface area (TPSA) is 91.5 Å². The summed E-state index contributed by atoms with van der Waals surface area (Å²) in [5, 5.41) is 8.80. The van der Waals surface area contributed by atoms with Crippen molar-refractivity contribution in [2.45, 2.75) is 6.92 Å². The Morgan fingerprint density at radius 2 is 2.41 bits per heavy atom. The summed E-state index contributed by atoms with van der Waals surface area (Å²) in [6.45, 7) is 2.11. The van der Waals surface area contributed by atoms with Crippen molar-refractivity contribution in [3.8, 4) is 0 Å². The van der Waals surface area contributed by atoms with Crippen LogP contribution in [-0.4, -0.2) is 40.6 Å². The number of aromatic nitrogens is 1. The molecule has 0 fully saturated rings. The summed E-state index contributed by atoms with van der Waals surface area (Å²) < 4.78 is 13.7. The Morgan fingerprint density at radius 3 is 2.94 bits per heavy atom. The highest BCUT2D eigenvalue weighted by molar-refractivity contribution is 5.95. The van der Waals surface area contributed by atoms with E-state index in [-0.39, 0.29) is 24.5 Å². The van der Waals surface area contributed by atoms with Gasteiger partial charge in [0.05, 0.1) is 12.2 Å². The number of nitrogens with zero attached hydrogens (tertiary/aromatic N) is 2. The Bertz CT molecular complexity index is 400. The van der Waals surface area contributed by atoms with Crippen molar-refractivity contribution in [3.63, 3.8) is 0 Å². The standard InChI is InChI=1S/C10H15FN4O2/c1-2-15(5-6-16)10(17)7-3-4-13-9(14-12)8(7)11/h3-4,16H,2,5-6,12H2,1H3,(H,13,14). The van der Waals surface area contributed by atoms with Gasteiger partial charge in [0.15, 0.2) is 11.6 Å². The van der Waals surface area contributed by atoms with Gasteiger partial charge in [-0.15, -0.1) is 0 Å². The Labute approximate surface area is 98.2 Å². The van der Waals surface area contributed by atoms with Crippen LogP contribution in [0, 0.1) is 5.82 Å². The summed E-state index contributed by atoms with van der Waals surface area (Å²) >= 11 is 0. The van der Waals surface area contributed by atoms with Crippen molar-refractivity contribution < 1.29 is 14.3 Å². The Kier molecular flexibility index (Phi) is 4.80. The van der Waals surface area contributed by atoms with Crippen molar-refractivity contribution >= 4 is 11.7 Å². The largest absolute Gasteiger partial charge is 0.395 e. The van der Waals surface area contributed by atoms with Crippen molar-refractivity contribution in [2.75, 3.05) is 25.1 Å². The van der Waals surface area contributed by atoms with Crippen LogP contribution in [0.15, 0.2) is 12.3 Å². The van der Waals surface area contributed by atoms with Gasteiger partial charge in [-0.05, 0) is 13.0 Å². The first kappa shape index (κ1) is 13.3. The molecule has 0 aliphatic heterocycles. The summed E-state index contributed by atoms with van der Waals surface area (Å²) in [6.07, 6.45) is 1.29. The minimum Gasteiger partial charge on any atom is -0.395 e. The molecule has 7 heteroatoms. The van der Waals surface area contributed by atoms with Gasteiger partial charge in [-0.1, -0.05) is 0 Å². The average Bonchev–Trinajstić information content (AvgIpc) is 2.35. The van der Waals surface area contributed by atoms with Crippen LogP contribution < -0.4 is 11.3 Å². The summed E-state index contributed by atoms with van der Waals surface area (Å²) in [6, 6.07) is 1.28. The predicted octanol–water partition coefficient (Wildman–Crippen LogP) is -0.0393. The SMILES string of the molecule is CCN(CCO)C(=O)c1ccnc(NN)c1F. The molecule has 0 spiro atoms. The molecule has 0 aromatic carbocycles. The molecule has 1 aromatic heterocycles. The molecule has 0 atom stereocenters. The molecule has 0 unspecified atom stereocenters. The fourth-order valence-corrected chi connectivity index (χ4v) is 1.40. The Morgan fingerprint density at radius 1 is 1.71 bits per heavy atom. The summed E-state index contributed by atoms with van der Waals surface area (Å²) in [7, 11) is 0. The van der Waals surface area contributed by atoms with Crippen molar-refractivity contribution in [3.05, 3.63) is 23.6 Å². The van der Waals surface area contributed by atoms with E-state index in [0.29, 0.717) is 6.54 Å². The number of halogens is 1. The van der Waals surface area contributed by atoms with Gasteiger partial charge in [-0.25, -0.2) is 15.2 Å². The van der Waals surface area contributed by atoms with Crippen LogP contribution in [0.3, 0.4) is 0 Å². The van der Waals surface area contributed by atoms with E-state index in [0.717, 1.165) is 0 Å². The van der Waals surface area contributed by atoms with Gasteiger partial charge >= 0.3 is 0 Å². The number of hydrogen-bond donors (Lipinski definition) is 3.